The third kappa shape index (κ3) is 3.86. The molecular formula is C17H29N5O. The summed E-state index contributed by atoms with van der Waals surface area (Å²) >= 11 is 0. The molecule has 1 aromatic rings. The Morgan fingerprint density at radius 2 is 2.30 bits per heavy atom. The van der Waals surface area contributed by atoms with Gasteiger partial charge in [0.05, 0.1) is 5.69 Å². The Kier molecular flexibility index (Phi) is 4.90. The lowest BCUT2D eigenvalue weighted by Crippen LogP contribution is -2.50. The van der Waals surface area contributed by atoms with Crippen molar-refractivity contribution in [2.24, 2.45) is 5.41 Å². The zero-order valence-corrected chi connectivity index (χ0v) is 14.4. The van der Waals surface area contributed by atoms with Gasteiger partial charge in [0.15, 0.2) is 0 Å². The molecule has 6 nitrogen and oxygen atoms in total. The second-order valence-corrected chi connectivity index (χ2v) is 7.19. The van der Waals surface area contributed by atoms with Gasteiger partial charge in [-0.25, -0.2) is 4.79 Å². The molecule has 2 aliphatic rings. The second kappa shape index (κ2) is 6.91. The predicted molar refractivity (Wildman–Crippen MR) is 90.4 cm³/mol. The van der Waals surface area contributed by atoms with Crippen molar-refractivity contribution in [1.82, 2.24) is 25.3 Å². The van der Waals surface area contributed by atoms with Gasteiger partial charge in [-0.3, -0.25) is 4.68 Å². The lowest BCUT2D eigenvalue weighted by Gasteiger charge is -2.39. The predicted octanol–water partition coefficient (Wildman–Crippen LogP) is 1.68. The van der Waals surface area contributed by atoms with Gasteiger partial charge >= 0.3 is 6.03 Å². The molecule has 2 saturated heterocycles. The van der Waals surface area contributed by atoms with Gasteiger partial charge < -0.3 is 15.5 Å². The Labute approximate surface area is 138 Å². The van der Waals surface area contributed by atoms with Gasteiger partial charge in [-0.05, 0) is 52.1 Å². The fraction of sp³-hybridized carbons (Fsp3) is 0.765. The summed E-state index contributed by atoms with van der Waals surface area (Å²) in [5.74, 6) is 0. The minimum Gasteiger partial charge on any atom is -0.338 e. The highest BCUT2D eigenvalue weighted by Crippen LogP contribution is 2.35. The number of likely N-dealkylation sites (tertiary alicyclic amines) is 1. The molecule has 1 aromatic heterocycles. The molecule has 3 rings (SSSR count). The van der Waals surface area contributed by atoms with Crippen LogP contribution >= 0.6 is 0 Å². The summed E-state index contributed by atoms with van der Waals surface area (Å²) in [4.78, 5) is 14.4. The molecule has 2 fully saturated rings. The molecular weight excluding hydrogens is 290 g/mol. The number of nitrogens with one attached hydrogen (secondary N) is 2. The van der Waals surface area contributed by atoms with Crippen LogP contribution in [0.2, 0.25) is 0 Å². The molecule has 0 aliphatic carbocycles. The Bertz CT molecular complexity index is 547. The van der Waals surface area contributed by atoms with Crippen molar-refractivity contribution in [1.29, 1.82) is 0 Å². The van der Waals surface area contributed by atoms with Gasteiger partial charge in [0.1, 0.15) is 0 Å². The monoisotopic (exact) mass is 319 g/mol. The van der Waals surface area contributed by atoms with Crippen molar-refractivity contribution >= 4 is 6.03 Å². The Balaban J connectivity index is 1.41. The number of nitrogens with zero attached hydrogens (tertiary/aromatic N) is 3. The first-order valence-corrected chi connectivity index (χ1v) is 8.83. The SMILES string of the molecule is Cc1cc(C)n(CCCNC(=O)N2CCC[C@]3(CCNC3)C2)n1. The van der Waals surface area contributed by atoms with Crippen LogP contribution in [0, 0.1) is 19.3 Å². The number of urea groups is 1. The number of aryl methyl sites for hydroxylation is 3. The maximum atomic E-state index is 12.4. The van der Waals surface area contributed by atoms with Gasteiger partial charge in [0.25, 0.3) is 0 Å². The number of amides is 2. The van der Waals surface area contributed by atoms with E-state index in [9.17, 15) is 4.79 Å². The van der Waals surface area contributed by atoms with E-state index in [0.29, 0.717) is 12.0 Å². The van der Waals surface area contributed by atoms with E-state index in [1.54, 1.807) is 0 Å². The van der Waals surface area contributed by atoms with Crippen LogP contribution in [0.25, 0.3) is 0 Å². The number of piperidine rings is 1. The van der Waals surface area contributed by atoms with E-state index in [1.165, 1.54) is 18.5 Å². The summed E-state index contributed by atoms with van der Waals surface area (Å²) in [6.45, 7) is 9.60. The Morgan fingerprint density at radius 3 is 3.00 bits per heavy atom. The highest BCUT2D eigenvalue weighted by Gasteiger charge is 2.39. The molecule has 2 aliphatic heterocycles. The molecule has 3 heterocycles. The van der Waals surface area contributed by atoms with Crippen molar-refractivity contribution in [2.45, 2.75) is 46.1 Å². The third-order valence-corrected chi connectivity index (χ3v) is 5.21. The molecule has 2 N–H and O–H groups in total. The molecule has 0 radical (unpaired) electrons. The number of carbonyl (C=O) groups is 1. The zero-order chi connectivity index (χ0) is 16.3. The van der Waals surface area contributed by atoms with Crippen LogP contribution in [0.15, 0.2) is 6.07 Å². The normalized spacial score (nSPS) is 24.3. The van der Waals surface area contributed by atoms with E-state index < -0.39 is 0 Å². The van der Waals surface area contributed by atoms with Gasteiger partial charge in [-0.2, -0.15) is 5.10 Å². The molecule has 0 bridgehead atoms. The molecule has 6 heteroatoms. The van der Waals surface area contributed by atoms with Crippen LogP contribution in [0.4, 0.5) is 4.79 Å². The zero-order valence-electron chi connectivity index (χ0n) is 14.4. The van der Waals surface area contributed by atoms with Crippen LogP contribution < -0.4 is 10.6 Å². The number of aromatic nitrogens is 2. The molecule has 23 heavy (non-hydrogen) atoms. The fourth-order valence-electron chi connectivity index (χ4n) is 3.96. The number of rotatable bonds is 4. The smallest absolute Gasteiger partial charge is 0.317 e. The maximum Gasteiger partial charge on any atom is 0.317 e. The number of carbonyl (C=O) groups excluding carboxylic acids is 1. The molecule has 128 valence electrons. The van der Waals surface area contributed by atoms with Crippen molar-refractivity contribution in [3.05, 3.63) is 17.5 Å². The van der Waals surface area contributed by atoms with Crippen LogP contribution in [0.5, 0.6) is 0 Å². The lowest BCUT2D eigenvalue weighted by atomic mass is 9.79. The van der Waals surface area contributed by atoms with Crippen LogP contribution in [0.1, 0.15) is 37.1 Å². The molecule has 0 unspecified atom stereocenters. The molecule has 2 amide bonds. The van der Waals surface area contributed by atoms with E-state index in [0.717, 1.165) is 51.3 Å². The summed E-state index contributed by atoms with van der Waals surface area (Å²) in [6.07, 6.45) is 4.49. The summed E-state index contributed by atoms with van der Waals surface area (Å²) in [5.41, 5.74) is 2.56. The maximum absolute atomic E-state index is 12.4. The van der Waals surface area contributed by atoms with Crippen LogP contribution in [-0.2, 0) is 6.54 Å². The van der Waals surface area contributed by atoms with Crippen LogP contribution in [-0.4, -0.2) is 53.4 Å². The lowest BCUT2D eigenvalue weighted by molar-refractivity contribution is 0.118. The van der Waals surface area contributed by atoms with E-state index in [1.807, 2.05) is 16.5 Å². The number of hydrogen-bond acceptors (Lipinski definition) is 3. The van der Waals surface area contributed by atoms with Crippen molar-refractivity contribution in [2.75, 3.05) is 32.7 Å². The summed E-state index contributed by atoms with van der Waals surface area (Å²) in [6, 6.07) is 2.19. The minimum absolute atomic E-state index is 0.101. The molecule has 0 saturated carbocycles. The van der Waals surface area contributed by atoms with Crippen molar-refractivity contribution in [3.8, 4) is 0 Å². The average Bonchev–Trinajstić information content (AvgIpc) is 3.10. The number of hydrogen-bond donors (Lipinski definition) is 2. The third-order valence-electron chi connectivity index (χ3n) is 5.21. The summed E-state index contributed by atoms with van der Waals surface area (Å²) in [7, 11) is 0. The van der Waals surface area contributed by atoms with E-state index in [4.69, 9.17) is 0 Å². The first kappa shape index (κ1) is 16.3. The first-order valence-electron chi connectivity index (χ1n) is 8.83. The fourth-order valence-corrected chi connectivity index (χ4v) is 3.96. The first-order chi connectivity index (χ1) is 11.1. The van der Waals surface area contributed by atoms with Gasteiger partial charge in [-0.1, -0.05) is 0 Å². The summed E-state index contributed by atoms with van der Waals surface area (Å²) < 4.78 is 2.02. The van der Waals surface area contributed by atoms with Crippen LogP contribution in [0.3, 0.4) is 0 Å². The highest BCUT2D eigenvalue weighted by molar-refractivity contribution is 5.74. The standard InChI is InChI=1S/C17H29N5O/c1-14-11-15(2)22(20-14)10-4-7-19-16(23)21-9-3-5-17(13-21)6-8-18-12-17/h11,18H,3-10,12-13H2,1-2H3,(H,19,23)/t17-/m1/s1. The minimum atomic E-state index is 0.101. The Hall–Kier alpha value is -1.56. The molecule has 1 atom stereocenters. The van der Waals surface area contributed by atoms with Gasteiger partial charge in [0.2, 0.25) is 0 Å². The van der Waals surface area contributed by atoms with Gasteiger partial charge in [-0.15, -0.1) is 0 Å². The van der Waals surface area contributed by atoms with E-state index >= 15 is 0 Å². The summed E-state index contributed by atoms with van der Waals surface area (Å²) in [5, 5.41) is 11.0. The Morgan fingerprint density at radius 1 is 1.43 bits per heavy atom. The average molecular weight is 319 g/mol. The molecule has 1 spiro atoms. The van der Waals surface area contributed by atoms with E-state index in [-0.39, 0.29) is 6.03 Å². The largest absolute Gasteiger partial charge is 0.338 e. The van der Waals surface area contributed by atoms with Crippen molar-refractivity contribution in [3.63, 3.8) is 0 Å². The second-order valence-electron chi connectivity index (χ2n) is 7.19. The molecule has 0 aromatic carbocycles. The van der Waals surface area contributed by atoms with Gasteiger partial charge in [0, 0.05) is 43.8 Å². The van der Waals surface area contributed by atoms with E-state index in [2.05, 4.69) is 28.7 Å². The topological polar surface area (TPSA) is 62.2 Å². The quantitative estimate of drug-likeness (QED) is 0.830. The highest BCUT2D eigenvalue weighted by atomic mass is 16.2. The van der Waals surface area contributed by atoms with Crippen molar-refractivity contribution < 1.29 is 4.79 Å².